The molecule has 6 rings (SSSR count). The van der Waals surface area contributed by atoms with Gasteiger partial charge >= 0.3 is 0 Å². The molecule has 0 spiro atoms. The Hall–Kier alpha value is -3.59. The van der Waals surface area contributed by atoms with Crippen LogP contribution in [-0.4, -0.2) is 8.80 Å². The summed E-state index contributed by atoms with van der Waals surface area (Å²) in [6.45, 7) is 0. The third kappa shape index (κ3) is 1.60. The molecular formula is C23H14N2O. The van der Waals surface area contributed by atoms with Gasteiger partial charge in [-0.2, -0.15) is 0 Å². The highest BCUT2D eigenvalue weighted by Gasteiger charge is 2.14. The Labute approximate surface area is 148 Å². The van der Waals surface area contributed by atoms with Gasteiger partial charge < -0.3 is 4.40 Å². The molecule has 0 bridgehead atoms. The van der Waals surface area contributed by atoms with Gasteiger partial charge in [0.2, 0.25) is 0 Å². The minimum atomic E-state index is 0.0181. The lowest BCUT2D eigenvalue weighted by Crippen LogP contribution is -2.09. The summed E-state index contributed by atoms with van der Waals surface area (Å²) in [5.41, 5.74) is 4.98. The van der Waals surface area contributed by atoms with Crippen molar-refractivity contribution >= 4 is 43.7 Å². The van der Waals surface area contributed by atoms with Crippen molar-refractivity contribution in [2.24, 2.45) is 0 Å². The first-order valence-corrected chi connectivity index (χ1v) is 8.68. The van der Waals surface area contributed by atoms with Gasteiger partial charge in [0.25, 0.3) is 5.56 Å². The number of hydrogen-bond donors (Lipinski definition) is 0. The molecule has 0 aliphatic carbocycles. The van der Waals surface area contributed by atoms with Crippen LogP contribution in [0.3, 0.4) is 0 Å². The molecule has 0 fully saturated rings. The molecular weight excluding hydrogens is 320 g/mol. The fourth-order valence-corrected chi connectivity index (χ4v) is 4.13. The molecule has 3 heterocycles. The molecule has 122 valence electrons. The van der Waals surface area contributed by atoms with Crippen LogP contribution in [0.25, 0.3) is 43.7 Å². The number of fused-ring (bicyclic) bond motifs is 9. The van der Waals surface area contributed by atoms with Crippen LogP contribution in [0.1, 0.15) is 0 Å². The van der Waals surface area contributed by atoms with E-state index in [0.717, 1.165) is 38.4 Å². The van der Waals surface area contributed by atoms with Crippen molar-refractivity contribution in [1.82, 2.24) is 8.80 Å². The van der Waals surface area contributed by atoms with E-state index in [1.54, 1.807) is 0 Å². The van der Waals surface area contributed by atoms with Crippen LogP contribution in [0.15, 0.2) is 89.7 Å². The van der Waals surface area contributed by atoms with E-state index in [4.69, 9.17) is 0 Å². The first-order chi connectivity index (χ1) is 12.8. The van der Waals surface area contributed by atoms with E-state index in [1.807, 2.05) is 52.9 Å². The minimum Gasteiger partial charge on any atom is -0.307 e. The molecule has 3 heteroatoms. The molecule has 0 saturated heterocycles. The molecule has 0 N–H and O–H groups in total. The Morgan fingerprint density at radius 1 is 0.500 bits per heavy atom. The molecule has 0 aliphatic heterocycles. The molecule has 0 unspecified atom stereocenters. The average Bonchev–Trinajstić information content (AvgIpc) is 3.23. The molecule has 3 aromatic heterocycles. The molecule has 3 aromatic carbocycles. The molecule has 0 amide bonds. The average molecular weight is 334 g/mol. The van der Waals surface area contributed by atoms with Crippen molar-refractivity contribution in [2.45, 2.75) is 0 Å². The zero-order chi connectivity index (χ0) is 17.3. The zero-order valence-corrected chi connectivity index (χ0v) is 13.9. The summed E-state index contributed by atoms with van der Waals surface area (Å²) in [4.78, 5) is 13.5. The van der Waals surface area contributed by atoms with Crippen molar-refractivity contribution < 1.29 is 0 Å². The molecule has 0 aliphatic rings. The van der Waals surface area contributed by atoms with Crippen LogP contribution in [-0.2, 0) is 0 Å². The number of rotatable bonds is 0. The Morgan fingerprint density at radius 2 is 1.00 bits per heavy atom. The van der Waals surface area contributed by atoms with E-state index in [0.29, 0.717) is 0 Å². The summed E-state index contributed by atoms with van der Waals surface area (Å²) in [6, 6.07) is 28.5. The zero-order valence-electron chi connectivity index (χ0n) is 13.9. The Morgan fingerprint density at radius 3 is 1.69 bits per heavy atom. The predicted octanol–water partition coefficient (Wildman–Crippen LogP) is 5.01. The number of para-hydroxylation sites is 3. The van der Waals surface area contributed by atoms with E-state index in [2.05, 4.69) is 40.8 Å². The summed E-state index contributed by atoms with van der Waals surface area (Å²) in [7, 11) is 0. The van der Waals surface area contributed by atoms with Crippen molar-refractivity contribution in [3.63, 3.8) is 0 Å². The van der Waals surface area contributed by atoms with Crippen LogP contribution >= 0.6 is 0 Å². The van der Waals surface area contributed by atoms with Gasteiger partial charge in [-0.15, -0.1) is 0 Å². The van der Waals surface area contributed by atoms with Gasteiger partial charge in [-0.3, -0.25) is 9.20 Å². The second-order valence-electron chi connectivity index (χ2n) is 6.67. The summed E-state index contributed by atoms with van der Waals surface area (Å²) >= 11 is 0. The van der Waals surface area contributed by atoms with Gasteiger partial charge in [0, 0.05) is 10.8 Å². The first-order valence-electron chi connectivity index (χ1n) is 8.68. The van der Waals surface area contributed by atoms with Gasteiger partial charge in [0.05, 0.1) is 33.0 Å². The van der Waals surface area contributed by atoms with Crippen molar-refractivity contribution in [1.29, 1.82) is 0 Å². The smallest absolute Gasteiger partial charge is 0.265 e. The molecule has 0 atom stereocenters. The van der Waals surface area contributed by atoms with Gasteiger partial charge in [-0.05, 0) is 36.4 Å². The van der Waals surface area contributed by atoms with Crippen LogP contribution in [0.4, 0.5) is 0 Å². The fourth-order valence-electron chi connectivity index (χ4n) is 4.13. The summed E-state index contributed by atoms with van der Waals surface area (Å²) in [6.07, 6.45) is 0. The van der Waals surface area contributed by atoms with E-state index in [-0.39, 0.29) is 5.56 Å². The normalized spacial score (nSPS) is 12.0. The monoisotopic (exact) mass is 334 g/mol. The number of nitrogens with zero attached hydrogens (tertiary/aromatic N) is 2. The highest BCUT2D eigenvalue weighted by Crippen LogP contribution is 2.29. The standard InChI is InChI=1S/C23H14N2O/c26-23-17-9-3-6-12-20(17)24-18-10-4-1-7-15(18)13-21(24)22-14-16-8-2-5-11-19(16)25(22)23/h1-14H. The van der Waals surface area contributed by atoms with Crippen LogP contribution in [0.2, 0.25) is 0 Å². The number of benzene rings is 3. The minimum absolute atomic E-state index is 0.0181. The molecule has 6 aromatic rings. The largest absolute Gasteiger partial charge is 0.307 e. The highest BCUT2D eigenvalue weighted by molar-refractivity contribution is 6.02. The maximum Gasteiger partial charge on any atom is 0.265 e. The third-order valence-corrected chi connectivity index (χ3v) is 5.26. The Kier molecular flexibility index (Phi) is 2.49. The van der Waals surface area contributed by atoms with Gasteiger partial charge in [-0.1, -0.05) is 48.5 Å². The fraction of sp³-hybridized carbons (Fsp3) is 0. The van der Waals surface area contributed by atoms with Crippen LogP contribution in [0, 0.1) is 0 Å². The lowest BCUT2D eigenvalue weighted by atomic mass is 10.2. The topological polar surface area (TPSA) is 25.9 Å². The summed E-state index contributed by atoms with van der Waals surface area (Å²) < 4.78 is 4.06. The number of hydrogen-bond acceptors (Lipinski definition) is 1. The summed E-state index contributed by atoms with van der Waals surface area (Å²) in [5, 5.41) is 2.96. The van der Waals surface area contributed by atoms with E-state index < -0.39 is 0 Å². The maximum atomic E-state index is 13.5. The lowest BCUT2D eigenvalue weighted by molar-refractivity contribution is 1.21. The van der Waals surface area contributed by atoms with Crippen molar-refractivity contribution in [3.05, 3.63) is 95.3 Å². The third-order valence-electron chi connectivity index (χ3n) is 5.26. The highest BCUT2D eigenvalue weighted by atomic mass is 16.1. The summed E-state index contributed by atoms with van der Waals surface area (Å²) in [5.74, 6) is 0. The SMILES string of the molecule is O=c1c2ccccc2n2c3ccccc3cc2c2cc3ccccc3n12. The van der Waals surface area contributed by atoms with Gasteiger partial charge in [0.1, 0.15) is 0 Å². The van der Waals surface area contributed by atoms with Gasteiger partial charge in [0.15, 0.2) is 0 Å². The van der Waals surface area contributed by atoms with Gasteiger partial charge in [-0.25, -0.2) is 0 Å². The molecule has 0 saturated carbocycles. The quantitative estimate of drug-likeness (QED) is 0.383. The predicted molar refractivity (Wildman–Crippen MR) is 107 cm³/mol. The number of aromatic nitrogens is 2. The Balaban J connectivity index is 2.11. The first kappa shape index (κ1) is 13.7. The van der Waals surface area contributed by atoms with E-state index in [1.165, 1.54) is 5.39 Å². The lowest BCUT2D eigenvalue weighted by Gasteiger charge is -1.99. The van der Waals surface area contributed by atoms with E-state index >= 15 is 0 Å². The van der Waals surface area contributed by atoms with Crippen LogP contribution < -0.4 is 5.56 Å². The van der Waals surface area contributed by atoms with Crippen LogP contribution in [0.5, 0.6) is 0 Å². The molecule has 3 nitrogen and oxygen atoms in total. The van der Waals surface area contributed by atoms with Crippen molar-refractivity contribution in [2.75, 3.05) is 0 Å². The van der Waals surface area contributed by atoms with E-state index in [9.17, 15) is 4.79 Å². The molecule has 26 heavy (non-hydrogen) atoms. The maximum absolute atomic E-state index is 13.5. The molecule has 0 radical (unpaired) electrons. The second kappa shape index (κ2) is 4.73. The Bertz CT molecular complexity index is 1550. The van der Waals surface area contributed by atoms with Crippen molar-refractivity contribution in [3.8, 4) is 0 Å². The second-order valence-corrected chi connectivity index (χ2v) is 6.67.